The van der Waals surface area contributed by atoms with Crippen molar-refractivity contribution in [3.8, 4) is 23.0 Å². The lowest BCUT2D eigenvalue weighted by atomic mass is 10.2. The second-order valence-electron chi connectivity index (χ2n) is 6.28. The van der Waals surface area contributed by atoms with Gasteiger partial charge in [-0.15, -0.1) is 0 Å². The molecule has 0 saturated heterocycles. The van der Waals surface area contributed by atoms with Gasteiger partial charge in [-0.2, -0.15) is 5.10 Å². The Labute approximate surface area is 191 Å². The van der Waals surface area contributed by atoms with Crippen LogP contribution in [-0.2, 0) is 0 Å². The average molecular weight is 491 g/mol. The standard InChI is InChI=1S/C23H27BrN2O5/c1-5-10-30-19-9-8-17(14-20(19)29-7-3)23(27)26-25-15-16-12-18(24)22(31-11-6-2)21(13-16)28-4/h5,8-9,12-15H,1,6-7,10-11H2,2-4H3,(H,26,27)/b25-15+. The first-order chi connectivity index (χ1) is 15.0. The molecule has 0 aromatic heterocycles. The van der Waals surface area contributed by atoms with Gasteiger partial charge >= 0.3 is 0 Å². The van der Waals surface area contributed by atoms with Gasteiger partial charge in [-0.3, -0.25) is 4.79 Å². The molecule has 2 aromatic carbocycles. The molecular weight excluding hydrogens is 464 g/mol. The quantitative estimate of drug-likeness (QED) is 0.258. The van der Waals surface area contributed by atoms with E-state index >= 15 is 0 Å². The number of nitrogens with zero attached hydrogens (tertiary/aromatic N) is 1. The second-order valence-corrected chi connectivity index (χ2v) is 7.13. The lowest BCUT2D eigenvalue weighted by Gasteiger charge is -2.13. The van der Waals surface area contributed by atoms with E-state index in [9.17, 15) is 4.79 Å². The Balaban J connectivity index is 2.12. The molecular formula is C23H27BrN2O5. The lowest BCUT2D eigenvalue weighted by Crippen LogP contribution is -2.17. The predicted octanol–water partition coefficient (Wildman–Crippen LogP) is 4.97. The maximum atomic E-state index is 12.5. The van der Waals surface area contributed by atoms with Gasteiger partial charge in [-0.25, -0.2) is 5.43 Å². The van der Waals surface area contributed by atoms with Gasteiger partial charge in [0.2, 0.25) is 0 Å². The Morgan fingerprint density at radius 2 is 1.94 bits per heavy atom. The van der Waals surface area contributed by atoms with E-state index < -0.39 is 0 Å². The van der Waals surface area contributed by atoms with Crippen molar-refractivity contribution in [3.63, 3.8) is 0 Å². The van der Waals surface area contributed by atoms with Crippen LogP contribution in [0.3, 0.4) is 0 Å². The van der Waals surface area contributed by atoms with Crippen molar-refractivity contribution in [1.82, 2.24) is 5.43 Å². The molecule has 0 heterocycles. The molecule has 31 heavy (non-hydrogen) atoms. The molecule has 0 bridgehead atoms. The van der Waals surface area contributed by atoms with Crippen molar-refractivity contribution in [2.75, 3.05) is 26.9 Å². The summed E-state index contributed by atoms with van der Waals surface area (Å²) in [6.07, 6.45) is 4.05. The topological polar surface area (TPSA) is 78.4 Å². The van der Waals surface area contributed by atoms with Crippen LogP contribution in [-0.4, -0.2) is 39.1 Å². The van der Waals surface area contributed by atoms with Gasteiger partial charge in [0.1, 0.15) is 6.61 Å². The third-order valence-electron chi connectivity index (χ3n) is 3.94. The van der Waals surface area contributed by atoms with E-state index in [0.29, 0.717) is 48.4 Å². The number of hydrogen-bond acceptors (Lipinski definition) is 6. The number of rotatable bonds is 12. The largest absolute Gasteiger partial charge is 0.493 e. The van der Waals surface area contributed by atoms with Crippen LogP contribution >= 0.6 is 15.9 Å². The van der Waals surface area contributed by atoms with Crippen molar-refractivity contribution in [2.24, 2.45) is 5.10 Å². The summed E-state index contributed by atoms with van der Waals surface area (Å²) in [4.78, 5) is 12.5. The minimum absolute atomic E-state index is 0.344. The first-order valence-electron chi connectivity index (χ1n) is 9.88. The maximum Gasteiger partial charge on any atom is 0.271 e. The van der Waals surface area contributed by atoms with Gasteiger partial charge < -0.3 is 18.9 Å². The molecule has 0 aliphatic rings. The molecule has 0 unspecified atom stereocenters. The van der Waals surface area contributed by atoms with Crippen LogP contribution in [0.25, 0.3) is 0 Å². The molecule has 2 aromatic rings. The zero-order chi connectivity index (χ0) is 22.6. The SMILES string of the molecule is C=CCOc1ccc(C(=O)N/N=C/c2cc(Br)c(OCCC)c(OC)c2)cc1OCC. The summed E-state index contributed by atoms with van der Waals surface area (Å²) in [5.74, 6) is 1.86. The van der Waals surface area contributed by atoms with Crippen LogP contribution in [0.5, 0.6) is 23.0 Å². The van der Waals surface area contributed by atoms with Gasteiger partial charge in [-0.1, -0.05) is 19.6 Å². The highest BCUT2D eigenvalue weighted by Crippen LogP contribution is 2.36. The van der Waals surface area contributed by atoms with Crippen molar-refractivity contribution < 1.29 is 23.7 Å². The number of ether oxygens (including phenoxy) is 4. The Kier molecular flexibility index (Phi) is 9.90. The van der Waals surface area contributed by atoms with Crippen molar-refractivity contribution in [3.05, 3.63) is 58.6 Å². The van der Waals surface area contributed by atoms with E-state index in [1.165, 1.54) is 6.21 Å². The zero-order valence-electron chi connectivity index (χ0n) is 17.9. The van der Waals surface area contributed by atoms with Gasteiger partial charge in [-0.05, 0) is 65.2 Å². The van der Waals surface area contributed by atoms with E-state index in [0.717, 1.165) is 16.5 Å². The Morgan fingerprint density at radius 1 is 1.13 bits per heavy atom. The number of benzene rings is 2. The summed E-state index contributed by atoms with van der Waals surface area (Å²) in [7, 11) is 1.57. The van der Waals surface area contributed by atoms with Crippen LogP contribution in [0.15, 0.2) is 52.6 Å². The minimum atomic E-state index is -0.374. The van der Waals surface area contributed by atoms with E-state index in [4.69, 9.17) is 18.9 Å². The number of halogens is 1. The third-order valence-corrected chi connectivity index (χ3v) is 4.53. The summed E-state index contributed by atoms with van der Waals surface area (Å²) in [6, 6.07) is 8.56. The van der Waals surface area contributed by atoms with Crippen molar-refractivity contribution >= 4 is 28.1 Å². The molecule has 7 nitrogen and oxygen atoms in total. The van der Waals surface area contributed by atoms with E-state index in [-0.39, 0.29) is 5.91 Å². The Hall–Kier alpha value is -3.00. The molecule has 0 atom stereocenters. The van der Waals surface area contributed by atoms with Crippen LogP contribution in [0, 0.1) is 0 Å². The lowest BCUT2D eigenvalue weighted by molar-refractivity contribution is 0.0954. The van der Waals surface area contributed by atoms with Gasteiger partial charge in [0, 0.05) is 5.56 Å². The summed E-state index contributed by atoms with van der Waals surface area (Å²) >= 11 is 3.49. The number of carbonyl (C=O) groups excluding carboxylic acids is 1. The first kappa shape index (κ1) is 24.3. The molecule has 1 N–H and O–H groups in total. The van der Waals surface area contributed by atoms with Gasteiger partial charge in [0.15, 0.2) is 23.0 Å². The number of amides is 1. The highest BCUT2D eigenvalue weighted by molar-refractivity contribution is 9.10. The zero-order valence-corrected chi connectivity index (χ0v) is 19.5. The summed E-state index contributed by atoms with van der Waals surface area (Å²) in [5.41, 5.74) is 3.65. The van der Waals surface area contributed by atoms with Gasteiger partial charge in [0.25, 0.3) is 5.91 Å². The minimum Gasteiger partial charge on any atom is -0.493 e. The van der Waals surface area contributed by atoms with Crippen LogP contribution in [0.1, 0.15) is 36.2 Å². The van der Waals surface area contributed by atoms with Gasteiger partial charge in [0.05, 0.1) is 31.0 Å². The van der Waals surface area contributed by atoms with E-state index in [1.54, 1.807) is 37.5 Å². The van der Waals surface area contributed by atoms with Crippen molar-refractivity contribution in [2.45, 2.75) is 20.3 Å². The normalized spacial score (nSPS) is 10.6. The molecule has 0 aliphatic carbocycles. The predicted molar refractivity (Wildman–Crippen MR) is 125 cm³/mol. The van der Waals surface area contributed by atoms with Crippen LogP contribution in [0.2, 0.25) is 0 Å². The molecule has 0 radical (unpaired) electrons. The number of methoxy groups -OCH3 is 1. The molecule has 8 heteroatoms. The monoisotopic (exact) mass is 490 g/mol. The molecule has 2 rings (SSSR count). The molecule has 0 saturated carbocycles. The highest BCUT2D eigenvalue weighted by atomic mass is 79.9. The van der Waals surface area contributed by atoms with Crippen LogP contribution < -0.4 is 24.4 Å². The molecule has 1 amide bonds. The first-order valence-corrected chi connectivity index (χ1v) is 10.7. The smallest absolute Gasteiger partial charge is 0.271 e. The molecule has 166 valence electrons. The Bertz CT molecular complexity index is 930. The maximum absolute atomic E-state index is 12.5. The highest BCUT2D eigenvalue weighted by Gasteiger charge is 2.12. The fourth-order valence-corrected chi connectivity index (χ4v) is 3.15. The summed E-state index contributed by atoms with van der Waals surface area (Å²) < 4.78 is 23.0. The number of nitrogens with one attached hydrogen (secondary N) is 1. The number of carbonyl (C=O) groups is 1. The van der Waals surface area contributed by atoms with Crippen molar-refractivity contribution in [1.29, 1.82) is 0 Å². The molecule has 0 fully saturated rings. The molecule has 0 aliphatic heterocycles. The van der Waals surface area contributed by atoms with E-state index in [1.807, 2.05) is 19.9 Å². The Morgan fingerprint density at radius 3 is 2.61 bits per heavy atom. The number of hydrogen-bond donors (Lipinski definition) is 1. The summed E-state index contributed by atoms with van der Waals surface area (Å²) in [6.45, 7) is 8.89. The fraction of sp³-hybridized carbons (Fsp3) is 0.304. The third kappa shape index (κ3) is 7.03. The van der Waals surface area contributed by atoms with Crippen LogP contribution in [0.4, 0.5) is 0 Å². The fourth-order valence-electron chi connectivity index (χ4n) is 2.57. The second kappa shape index (κ2) is 12.6. The molecule has 0 spiro atoms. The van der Waals surface area contributed by atoms with E-state index in [2.05, 4.69) is 33.0 Å². The number of hydrazone groups is 1. The average Bonchev–Trinajstić information content (AvgIpc) is 2.77. The summed E-state index contributed by atoms with van der Waals surface area (Å²) in [5, 5.41) is 4.05.